The fraction of sp³-hybridized carbons (Fsp3) is 1.00. The summed E-state index contributed by atoms with van der Waals surface area (Å²) in [6.45, 7) is 5.52. The average Bonchev–Trinajstić information content (AvgIpc) is 1.99. The largest absolute Gasteiger partial charge is 0.306 e. The number of halogens is 2. The molecule has 68 valence electrons. The summed E-state index contributed by atoms with van der Waals surface area (Å²) >= 11 is 0. The second-order valence-electron chi connectivity index (χ2n) is 2.80. The lowest BCUT2D eigenvalue weighted by Crippen LogP contribution is -2.39. The highest BCUT2D eigenvalue weighted by molar-refractivity contribution is 4.70. The Hall–Kier alpha value is -0.180. The van der Waals surface area contributed by atoms with Crippen molar-refractivity contribution in [2.24, 2.45) is 0 Å². The molecule has 1 N–H and O–H groups in total. The van der Waals surface area contributed by atoms with Gasteiger partial charge in [-0.05, 0) is 19.8 Å². The smallest absolute Gasteiger partial charge is 0.253 e. The molecule has 0 saturated heterocycles. The fourth-order valence-electron chi connectivity index (χ4n) is 0.969. The van der Waals surface area contributed by atoms with Crippen LogP contribution in [0.5, 0.6) is 0 Å². The van der Waals surface area contributed by atoms with Crippen LogP contribution in [-0.2, 0) is 0 Å². The van der Waals surface area contributed by atoms with Gasteiger partial charge in [-0.2, -0.15) is 0 Å². The van der Waals surface area contributed by atoms with Crippen LogP contribution < -0.4 is 5.32 Å². The molecule has 0 aromatic heterocycles. The van der Waals surface area contributed by atoms with Crippen LogP contribution in [0.1, 0.15) is 33.6 Å². The van der Waals surface area contributed by atoms with E-state index in [1.165, 1.54) is 6.92 Å². The number of rotatable bonds is 5. The zero-order chi connectivity index (χ0) is 8.85. The van der Waals surface area contributed by atoms with Crippen molar-refractivity contribution in [3.8, 4) is 0 Å². The minimum atomic E-state index is -2.25. The van der Waals surface area contributed by atoms with Gasteiger partial charge in [0.2, 0.25) is 0 Å². The minimum absolute atomic E-state index is 0.235. The average molecular weight is 165 g/mol. The molecule has 0 aliphatic carbocycles. The van der Waals surface area contributed by atoms with Crippen molar-refractivity contribution in [2.75, 3.05) is 0 Å². The molecule has 0 aliphatic rings. The lowest BCUT2D eigenvalue weighted by atomic mass is 10.1. The van der Waals surface area contributed by atoms with Crippen LogP contribution in [0.4, 0.5) is 8.78 Å². The second-order valence-corrected chi connectivity index (χ2v) is 2.80. The maximum absolute atomic E-state index is 12.0. The van der Waals surface area contributed by atoms with Crippen molar-refractivity contribution >= 4 is 0 Å². The molecular weight excluding hydrogens is 148 g/mol. The highest BCUT2D eigenvalue weighted by atomic mass is 19.3. The molecule has 1 atom stereocenters. The van der Waals surface area contributed by atoms with Crippen molar-refractivity contribution in [2.45, 2.75) is 52.1 Å². The van der Waals surface area contributed by atoms with Crippen molar-refractivity contribution in [3.63, 3.8) is 0 Å². The van der Waals surface area contributed by atoms with Crippen LogP contribution in [0, 0.1) is 0 Å². The van der Waals surface area contributed by atoms with Gasteiger partial charge < -0.3 is 5.32 Å². The van der Waals surface area contributed by atoms with Crippen LogP contribution in [0.25, 0.3) is 0 Å². The molecule has 3 heteroatoms. The van der Waals surface area contributed by atoms with Gasteiger partial charge in [0, 0.05) is 6.04 Å². The first kappa shape index (κ1) is 10.8. The van der Waals surface area contributed by atoms with Gasteiger partial charge in [0.05, 0.1) is 6.04 Å². The van der Waals surface area contributed by atoms with Crippen LogP contribution in [-0.4, -0.2) is 18.5 Å². The molecule has 0 fully saturated rings. The van der Waals surface area contributed by atoms with E-state index < -0.39 is 12.5 Å². The standard InChI is InChI=1S/C8H17F2N/c1-4-7(5-2)11-6(3)8(9)10/h6-8,11H,4-5H2,1-3H3. The van der Waals surface area contributed by atoms with Gasteiger partial charge in [-0.25, -0.2) is 8.78 Å². The SMILES string of the molecule is CCC(CC)NC(C)C(F)F. The fourth-order valence-corrected chi connectivity index (χ4v) is 0.969. The van der Waals surface area contributed by atoms with E-state index in [1.54, 1.807) is 0 Å². The molecule has 1 nitrogen and oxygen atoms in total. The first-order valence-electron chi connectivity index (χ1n) is 4.16. The Kier molecular flexibility index (Phi) is 5.38. The van der Waals surface area contributed by atoms with Gasteiger partial charge in [-0.3, -0.25) is 0 Å². The summed E-state index contributed by atoms with van der Waals surface area (Å²) in [7, 11) is 0. The van der Waals surface area contributed by atoms with Gasteiger partial charge in [0.25, 0.3) is 6.43 Å². The molecule has 1 unspecified atom stereocenters. The number of alkyl halides is 2. The van der Waals surface area contributed by atoms with Crippen molar-refractivity contribution < 1.29 is 8.78 Å². The lowest BCUT2D eigenvalue weighted by Gasteiger charge is -2.19. The maximum Gasteiger partial charge on any atom is 0.253 e. The maximum atomic E-state index is 12.0. The summed E-state index contributed by atoms with van der Waals surface area (Å²) in [5.74, 6) is 0. The minimum Gasteiger partial charge on any atom is -0.306 e. The number of hydrogen-bond acceptors (Lipinski definition) is 1. The van der Waals surface area contributed by atoms with Crippen molar-refractivity contribution in [1.29, 1.82) is 0 Å². The Bertz CT molecular complexity index is 92.1. The molecule has 0 aromatic carbocycles. The van der Waals surface area contributed by atoms with E-state index >= 15 is 0 Å². The Labute approximate surface area is 67.2 Å². The highest BCUT2D eigenvalue weighted by Gasteiger charge is 2.16. The first-order chi connectivity index (χ1) is 5.11. The Morgan fingerprint density at radius 3 is 1.91 bits per heavy atom. The zero-order valence-electron chi connectivity index (χ0n) is 7.40. The van der Waals surface area contributed by atoms with Gasteiger partial charge in [0.1, 0.15) is 0 Å². The summed E-state index contributed by atoms with van der Waals surface area (Å²) in [5.41, 5.74) is 0. The predicted octanol–water partition coefficient (Wildman–Crippen LogP) is 2.42. The summed E-state index contributed by atoms with van der Waals surface area (Å²) in [6, 6.07) is -0.445. The monoisotopic (exact) mass is 165 g/mol. The Balaban J connectivity index is 3.62. The summed E-state index contributed by atoms with van der Waals surface area (Å²) in [6.07, 6.45) is -0.434. The lowest BCUT2D eigenvalue weighted by molar-refractivity contribution is 0.0991. The zero-order valence-corrected chi connectivity index (χ0v) is 7.40. The Morgan fingerprint density at radius 1 is 1.18 bits per heavy atom. The van der Waals surface area contributed by atoms with E-state index in [9.17, 15) is 8.78 Å². The highest BCUT2D eigenvalue weighted by Crippen LogP contribution is 2.04. The van der Waals surface area contributed by atoms with E-state index in [1.807, 2.05) is 13.8 Å². The molecule has 0 radical (unpaired) electrons. The molecule has 0 amide bonds. The Morgan fingerprint density at radius 2 is 1.64 bits per heavy atom. The van der Waals surface area contributed by atoms with Crippen molar-refractivity contribution in [3.05, 3.63) is 0 Å². The van der Waals surface area contributed by atoms with E-state index in [0.29, 0.717) is 0 Å². The van der Waals surface area contributed by atoms with E-state index in [0.717, 1.165) is 12.8 Å². The number of hydrogen-bond donors (Lipinski definition) is 1. The van der Waals surface area contributed by atoms with Crippen LogP contribution in [0.15, 0.2) is 0 Å². The van der Waals surface area contributed by atoms with Crippen molar-refractivity contribution in [1.82, 2.24) is 5.32 Å². The normalized spacial score (nSPS) is 14.5. The van der Waals surface area contributed by atoms with Gasteiger partial charge in [0.15, 0.2) is 0 Å². The molecule has 11 heavy (non-hydrogen) atoms. The molecule has 0 bridgehead atoms. The van der Waals surface area contributed by atoms with Crippen LogP contribution in [0.3, 0.4) is 0 Å². The quantitative estimate of drug-likeness (QED) is 0.659. The van der Waals surface area contributed by atoms with Gasteiger partial charge in [-0.1, -0.05) is 13.8 Å². The summed E-state index contributed by atoms with van der Waals surface area (Å²) < 4.78 is 24.0. The van der Waals surface area contributed by atoms with E-state index in [2.05, 4.69) is 5.32 Å². The molecule has 0 aliphatic heterocycles. The van der Waals surface area contributed by atoms with E-state index in [4.69, 9.17) is 0 Å². The number of nitrogens with one attached hydrogen (secondary N) is 1. The third-order valence-electron chi connectivity index (χ3n) is 1.86. The molecule has 0 spiro atoms. The molecule has 0 heterocycles. The van der Waals surface area contributed by atoms with Gasteiger partial charge in [-0.15, -0.1) is 0 Å². The van der Waals surface area contributed by atoms with Crippen LogP contribution >= 0.6 is 0 Å². The topological polar surface area (TPSA) is 12.0 Å². The third kappa shape index (κ3) is 4.30. The summed E-state index contributed by atoms with van der Waals surface area (Å²) in [5, 5.41) is 2.87. The molecule has 0 saturated carbocycles. The van der Waals surface area contributed by atoms with Gasteiger partial charge >= 0.3 is 0 Å². The molecule has 0 rings (SSSR count). The first-order valence-corrected chi connectivity index (χ1v) is 4.16. The van der Waals surface area contributed by atoms with E-state index in [-0.39, 0.29) is 6.04 Å². The predicted molar refractivity (Wildman–Crippen MR) is 43.0 cm³/mol. The summed E-state index contributed by atoms with van der Waals surface area (Å²) in [4.78, 5) is 0. The third-order valence-corrected chi connectivity index (χ3v) is 1.86. The second kappa shape index (κ2) is 5.47. The molecular formula is C8H17F2N. The molecule has 0 aromatic rings. The van der Waals surface area contributed by atoms with Crippen LogP contribution in [0.2, 0.25) is 0 Å².